The van der Waals surface area contributed by atoms with Crippen LogP contribution in [0.4, 0.5) is 0 Å². The lowest BCUT2D eigenvalue weighted by molar-refractivity contribution is -0.301. The predicted octanol–water partition coefficient (Wildman–Crippen LogP) is 6.35. The van der Waals surface area contributed by atoms with Crippen molar-refractivity contribution in [1.82, 2.24) is 9.88 Å². The molecule has 0 amide bonds. The number of carbonyl (C=O) groups is 1. The number of nitrogens with zero attached hydrogens (tertiary/aromatic N) is 3. The maximum atomic E-state index is 14.3. The van der Waals surface area contributed by atoms with E-state index in [9.17, 15) is 20.1 Å². The number of carbonyl (C=O) groups excluding carboxylic acids is 1. The highest BCUT2D eigenvalue weighted by molar-refractivity contribution is 6.31. The average molecular weight is 847 g/mol. The Morgan fingerprint density at radius 1 is 1.07 bits per heavy atom. The molecule has 2 saturated heterocycles. The van der Waals surface area contributed by atoms with Crippen molar-refractivity contribution < 1.29 is 48.6 Å². The fraction of sp³-hybridized carbons (Fsp3) is 0.667. The second-order valence-corrected chi connectivity index (χ2v) is 17.5. The number of pyridine rings is 1. The fourth-order valence-electron chi connectivity index (χ4n) is 8.64. The molecule has 0 bridgehead atoms. The van der Waals surface area contributed by atoms with Crippen molar-refractivity contribution in [3.63, 3.8) is 0 Å². The number of aliphatic hydroxyl groups excluding tert-OH is 2. The van der Waals surface area contributed by atoms with Crippen LogP contribution < -0.4 is 0 Å². The first-order valence-electron chi connectivity index (χ1n) is 20.8. The predicted molar refractivity (Wildman–Crippen MR) is 226 cm³/mol. The summed E-state index contributed by atoms with van der Waals surface area (Å²) in [5, 5.41) is 40.9. The van der Waals surface area contributed by atoms with Crippen LogP contribution in [-0.4, -0.2) is 118 Å². The SMILES string of the molecule is CC[C@H]1OC(=O)[C@H](C)[C@@H](O/C=C\Cc2cccnc2)[C@H](C)[C@@H](O[C@H]2O[C@@H](C)C[C@@H](N(C)C)[C@H]2O)[C@](C)(OC)C[C@@H](C)/C(=N\OCc2ccccc2Cl)[C@H](C)[C@@H](O)[C@]1(C)O. The summed E-state index contributed by atoms with van der Waals surface area (Å²) in [5.41, 5.74) is -0.920. The molecule has 0 unspecified atom stereocenters. The summed E-state index contributed by atoms with van der Waals surface area (Å²) in [6.07, 6.45) is 1.92. The number of aromatic nitrogens is 1. The van der Waals surface area contributed by atoms with E-state index in [1.807, 2.05) is 83.1 Å². The molecule has 1 aromatic carbocycles. The van der Waals surface area contributed by atoms with Crippen molar-refractivity contribution in [2.24, 2.45) is 28.8 Å². The van der Waals surface area contributed by atoms with Crippen LogP contribution in [0.25, 0.3) is 0 Å². The lowest BCUT2D eigenvalue weighted by Crippen LogP contribution is -2.60. The number of allylic oxidation sites excluding steroid dienone is 1. The summed E-state index contributed by atoms with van der Waals surface area (Å²) in [7, 11) is 5.41. The smallest absolute Gasteiger partial charge is 0.312 e. The molecule has 0 radical (unpaired) electrons. The van der Waals surface area contributed by atoms with Crippen molar-refractivity contribution in [2.45, 2.75) is 148 Å². The average Bonchev–Trinajstić information content (AvgIpc) is 3.20. The zero-order valence-electron chi connectivity index (χ0n) is 36.7. The Balaban J connectivity index is 1.85. The molecule has 59 heavy (non-hydrogen) atoms. The quantitative estimate of drug-likeness (QED) is 0.124. The molecule has 2 aliphatic rings. The Bertz CT molecular complexity index is 1680. The summed E-state index contributed by atoms with van der Waals surface area (Å²) < 4.78 is 32.4. The number of halogens is 1. The Hall–Kier alpha value is -3.14. The molecule has 2 fully saturated rings. The van der Waals surface area contributed by atoms with Crippen molar-refractivity contribution in [2.75, 3.05) is 21.2 Å². The van der Waals surface area contributed by atoms with Gasteiger partial charge in [0.25, 0.3) is 0 Å². The number of rotatable bonds is 12. The Morgan fingerprint density at radius 3 is 2.41 bits per heavy atom. The number of hydrogen-bond acceptors (Lipinski definition) is 13. The molecule has 14 atom stereocenters. The second kappa shape index (κ2) is 21.6. The van der Waals surface area contributed by atoms with E-state index in [2.05, 4.69) is 10.1 Å². The maximum Gasteiger partial charge on any atom is 0.312 e. The summed E-state index contributed by atoms with van der Waals surface area (Å²) >= 11 is 6.44. The number of methoxy groups -OCH3 is 1. The van der Waals surface area contributed by atoms with Gasteiger partial charge in [0, 0.05) is 53.9 Å². The van der Waals surface area contributed by atoms with Crippen LogP contribution in [0.5, 0.6) is 0 Å². The minimum atomic E-state index is -1.90. The largest absolute Gasteiger partial charge is 0.497 e. The molecule has 4 rings (SSSR count). The molecule has 14 heteroatoms. The van der Waals surface area contributed by atoms with Gasteiger partial charge in [0.1, 0.15) is 30.5 Å². The van der Waals surface area contributed by atoms with Gasteiger partial charge in [0.05, 0.1) is 41.8 Å². The Morgan fingerprint density at radius 2 is 1.78 bits per heavy atom. The molecule has 330 valence electrons. The third-order valence-corrected chi connectivity index (χ3v) is 12.6. The fourth-order valence-corrected chi connectivity index (χ4v) is 8.83. The second-order valence-electron chi connectivity index (χ2n) is 17.1. The zero-order valence-corrected chi connectivity index (χ0v) is 37.4. The molecule has 3 N–H and O–H groups in total. The third kappa shape index (κ3) is 12.0. The summed E-state index contributed by atoms with van der Waals surface area (Å²) in [6, 6.07) is 10.8. The van der Waals surface area contributed by atoms with Crippen LogP contribution in [0.3, 0.4) is 0 Å². The summed E-state index contributed by atoms with van der Waals surface area (Å²) in [6.45, 7) is 14.5. The van der Waals surface area contributed by atoms with Crippen LogP contribution in [-0.2, 0) is 46.3 Å². The number of hydrogen-bond donors (Lipinski definition) is 3. The molecule has 3 heterocycles. The van der Waals surface area contributed by atoms with E-state index in [1.54, 1.807) is 52.6 Å². The minimum Gasteiger partial charge on any atom is -0.497 e. The molecule has 0 spiro atoms. The van der Waals surface area contributed by atoms with E-state index in [-0.39, 0.29) is 31.6 Å². The van der Waals surface area contributed by atoms with Gasteiger partial charge in [-0.1, -0.05) is 68.7 Å². The van der Waals surface area contributed by atoms with Crippen LogP contribution in [0, 0.1) is 23.7 Å². The van der Waals surface area contributed by atoms with Crippen LogP contribution in [0.15, 0.2) is 66.3 Å². The standard InChI is InChI=1S/C45H68ClN3O10/c1-12-36-45(8,53)40(51)29(4)37(48-56-26-33-19-13-14-20-34(33)46)27(2)24-44(7,54-11)41(59-43-38(50)35(49(9)10)23-28(3)57-43)30(5)39(31(6)42(52)58-36)55-22-16-18-32-17-15-21-47-25-32/h13-17,19-22,25,27-31,35-36,38-41,43,50-51,53H,12,18,23-24,26H2,1-11H3/b22-16-,48-37+/t27-,28+,29+,30+,31-,35-,36-,38-,39+,40-,41-,43-,44-,45-/m1/s1. The van der Waals surface area contributed by atoms with E-state index in [1.165, 1.54) is 6.92 Å². The number of ether oxygens (including phenoxy) is 5. The van der Waals surface area contributed by atoms with Gasteiger partial charge >= 0.3 is 5.97 Å². The van der Waals surface area contributed by atoms with Crippen molar-refractivity contribution in [1.29, 1.82) is 0 Å². The highest BCUT2D eigenvalue weighted by Crippen LogP contribution is 2.40. The van der Waals surface area contributed by atoms with Gasteiger partial charge in [-0.05, 0) is 91.2 Å². The molecular formula is C45H68ClN3O10. The van der Waals surface area contributed by atoms with E-state index in [4.69, 9.17) is 40.1 Å². The lowest BCUT2D eigenvalue weighted by atomic mass is 9.73. The van der Waals surface area contributed by atoms with Crippen molar-refractivity contribution in [3.8, 4) is 0 Å². The first kappa shape index (κ1) is 48.5. The zero-order chi connectivity index (χ0) is 43.7. The normalized spacial score (nSPS) is 37.3. The lowest BCUT2D eigenvalue weighted by Gasteiger charge is -2.48. The van der Waals surface area contributed by atoms with E-state index in [0.717, 1.165) is 11.1 Å². The van der Waals surface area contributed by atoms with Crippen LogP contribution in [0.2, 0.25) is 5.02 Å². The van der Waals surface area contributed by atoms with E-state index in [0.29, 0.717) is 23.6 Å². The van der Waals surface area contributed by atoms with Gasteiger partial charge < -0.3 is 48.7 Å². The molecule has 0 saturated carbocycles. The van der Waals surface area contributed by atoms with Gasteiger partial charge in [-0.15, -0.1) is 0 Å². The van der Waals surface area contributed by atoms with Gasteiger partial charge in [0.2, 0.25) is 0 Å². The van der Waals surface area contributed by atoms with Gasteiger partial charge in [-0.2, -0.15) is 0 Å². The van der Waals surface area contributed by atoms with Gasteiger partial charge in [-0.3, -0.25) is 9.78 Å². The highest BCUT2D eigenvalue weighted by atomic mass is 35.5. The number of cyclic esters (lactones) is 1. The topological polar surface area (TPSA) is 162 Å². The number of aliphatic hydroxyl groups is 3. The number of likely N-dealkylation sites (N-methyl/N-ethyl adjacent to an activating group) is 1. The van der Waals surface area contributed by atoms with Gasteiger partial charge in [-0.25, -0.2) is 0 Å². The minimum absolute atomic E-state index is 0.0575. The number of benzene rings is 1. The molecule has 0 aliphatic carbocycles. The highest BCUT2D eigenvalue weighted by Gasteiger charge is 2.52. The first-order valence-corrected chi connectivity index (χ1v) is 21.2. The van der Waals surface area contributed by atoms with E-state index >= 15 is 0 Å². The Labute approximate surface area is 356 Å². The molecule has 2 aliphatic heterocycles. The maximum absolute atomic E-state index is 14.3. The van der Waals surface area contributed by atoms with Crippen LogP contribution in [0.1, 0.15) is 85.8 Å². The Kier molecular flexibility index (Phi) is 17.8. The summed E-state index contributed by atoms with van der Waals surface area (Å²) in [5.74, 6) is -3.38. The third-order valence-electron chi connectivity index (χ3n) is 12.3. The molecular weight excluding hydrogens is 778 g/mol. The summed E-state index contributed by atoms with van der Waals surface area (Å²) in [4.78, 5) is 26.4. The number of oxime groups is 1. The number of esters is 1. The molecule has 2 aromatic rings. The van der Waals surface area contributed by atoms with Crippen molar-refractivity contribution >= 4 is 23.3 Å². The molecule has 13 nitrogen and oxygen atoms in total. The van der Waals surface area contributed by atoms with Crippen LogP contribution >= 0.6 is 11.6 Å². The van der Waals surface area contributed by atoms with Gasteiger partial charge in [0.15, 0.2) is 6.29 Å². The van der Waals surface area contributed by atoms with Crippen molar-refractivity contribution in [3.05, 3.63) is 77.3 Å². The van der Waals surface area contributed by atoms with E-state index < -0.39 is 77.7 Å². The molecule has 1 aromatic heterocycles. The first-order chi connectivity index (χ1) is 27.9. The monoisotopic (exact) mass is 845 g/mol.